The maximum absolute atomic E-state index is 11.8. The number of ether oxygens (including phenoxy) is 1. The van der Waals surface area contributed by atoms with Gasteiger partial charge in [0.2, 0.25) is 5.91 Å². The fourth-order valence-corrected chi connectivity index (χ4v) is 2.26. The maximum Gasteiger partial charge on any atom is 0.248 e. The molecular formula is C14H19NO2. The second-order valence-electron chi connectivity index (χ2n) is 4.37. The summed E-state index contributed by atoms with van der Waals surface area (Å²) in [4.78, 5) is 13.7. The average Bonchev–Trinajstić information content (AvgIpc) is 2.86. The average molecular weight is 233 g/mol. The van der Waals surface area contributed by atoms with Crippen LogP contribution in [0.15, 0.2) is 30.3 Å². The summed E-state index contributed by atoms with van der Waals surface area (Å²) in [5.74, 6) is 0.604. The quantitative estimate of drug-likeness (QED) is 0.796. The number of carbonyl (C=O) groups is 1. The van der Waals surface area contributed by atoms with Gasteiger partial charge in [0, 0.05) is 25.6 Å². The summed E-state index contributed by atoms with van der Waals surface area (Å²) in [5, 5.41) is 0. The van der Waals surface area contributed by atoms with Crippen molar-refractivity contribution < 1.29 is 9.53 Å². The molecule has 3 heteroatoms. The van der Waals surface area contributed by atoms with Crippen LogP contribution in [0.5, 0.6) is 0 Å². The summed E-state index contributed by atoms with van der Waals surface area (Å²) in [7, 11) is 0. The molecule has 1 heterocycles. The molecule has 0 saturated carbocycles. The van der Waals surface area contributed by atoms with Crippen LogP contribution in [0.3, 0.4) is 0 Å². The van der Waals surface area contributed by atoms with E-state index in [9.17, 15) is 4.79 Å². The SMILES string of the molecule is CCOCC(=O)N1CC[C@@H](c2ccccc2)C1. The summed E-state index contributed by atoms with van der Waals surface area (Å²) >= 11 is 0. The minimum absolute atomic E-state index is 0.116. The Morgan fingerprint density at radius 3 is 2.88 bits per heavy atom. The Kier molecular flexibility index (Phi) is 4.15. The highest BCUT2D eigenvalue weighted by molar-refractivity contribution is 5.77. The van der Waals surface area contributed by atoms with Crippen LogP contribution in [0.25, 0.3) is 0 Å². The van der Waals surface area contributed by atoms with Crippen molar-refractivity contribution in [3.05, 3.63) is 35.9 Å². The molecule has 1 aliphatic rings. The van der Waals surface area contributed by atoms with Crippen molar-refractivity contribution in [2.45, 2.75) is 19.3 Å². The highest BCUT2D eigenvalue weighted by Gasteiger charge is 2.26. The van der Waals surface area contributed by atoms with Gasteiger partial charge in [0.1, 0.15) is 6.61 Å². The van der Waals surface area contributed by atoms with Crippen LogP contribution in [0, 0.1) is 0 Å². The van der Waals surface area contributed by atoms with Gasteiger partial charge in [-0.25, -0.2) is 0 Å². The van der Waals surface area contributed by atoms with Gasteiger partial charge in [-0.2, -0.15) is 0 Å². The molecule has 1 fully saturated rings. The molecule has 0 bridgehead atoms. The monoisotopic (exact) mass is 233 g/mol. The third-order valence-electron chi connectivity index (χ3n) is 3.24. The largest absolute Gasteiger partial charge is 0.372 e. The topological polar surface area (TPSA) is 29.5 Å². The molecule has 17 heavy (non-hydrogen) atoms. The molecule has 1 saturated heterocycles. The Labute approximate surface area is 102 Å². The lowest BCUT2D eigenvalue weighted by Gasteiger charge is -2.16. The van der Waals surface area contributed by atoms with E-state index in [1.165, 1.54) is 5.56 Å². The summed E-state index contributed by atoms with van der Waals surface area (Å²) in [6.07, 6.45) is 1.06. The Morgan fingerprint density at radius 2 is 2.18 bits per heavy atom. The Bertz CT molecular complexity index is 364. The van der Waals surface area contributed by atoms with Crippen LogP contribution in [0.1, 0.15) is 24.8 Å². The van der Waals surface area contributed by atoms with Crippen LogP contribution in [0.2, 0.25) is 0 Å². The standard InChI is InChI=1S/C14H19NO2/c1-2-17-11-14(16)15-9-8-13(10-15)12-6-4-3-5-7-12/h3-7,13H,2,8-11H2,1H3/t13-/m1/s1. The second-order valence-corrected chi connectivity index (χ2v) is 4.37. The van der Waals surface area contributed by atoms with Crippen molar-refractivity contribution in [2.75, 3.05) is 26.3 Å². The highest BCUT2D eigenvalue weighted by Crippen LogP contribution is 2.26. The minimum Gasteiger partial charge on any atom is -0.372 e. The van der Waals surface area contributed by atoms with E-state index in [0.717, 1.165) is 19.5 Å². The normalized spacial score (nSPS) is 19.6. The van der Waals surface area contributed by atoms with Crippen LogP contribution in [0.4, 0.5) is 0 Å². The van der Waals surface area contributed by atoms with E-state index < -0.39 is 0 Å². The van der Waals surface area contributed by atoms with Gasteiger partial charge in [0.05, 0.1) is 0 Å². The Balaban J connectivity index is 1.89. The third-order valence-corrected chi connectivity index (χ3v) is 3.24. The predicted molar refractivity (Wildman–Crippen MR) is 66.9 cm³/mol. The number of amides is 1. The molecular weight excluding hydrogens is 214 g/mol. The lowest BCUT2D eigenvalue weighted by molar-refractivity contribution is -0.134. The highest BCUT2D eigenvalue weighted by atomic mass is 16.5. The number of nitrogens with zero attached hydrogens (tertiary/aromatic N) is 1. The van der Waals surface area contributed by atoms with Gasteiger partial charge >= 0.3 is 0 Å². The van der Waals surface area contributed by atoms with Gasteiger partial charge in [-0.15, -0.1) is 0 Å². The van der Waals surface area contributed by atoms with Gasteiger partial charge in [-0.3, -0.25) is 4.79 Å². The van der Waals surface area contributed by atoms with E-state index in [1.807, 2.05) is 17.9 Å². The van der Waals surface area contributed by atoms with Crippen LogP contribution < -0.4 is 0 Å². The van der Waals surface area contributed by atoms with E-state index in [4.69, 9.17) is 4.74 Å². The molecule has 0 spiro atoms. The van der Waals surface area contributed by atoms with E-state index in [1.54, 1.807) is 0 Å². The molecule has 0 aliphatic carbocycles. The number of benzene rings is 1. The molecule has 92 valence electrons. The zero-order valence-corrected chi connectivity index (χ0v) is 10.3. The van der Waals surface area contributed by atoms with Crippen LogP contribution >= 0.6 is 0 Å². The number of carbonyl (C=O) groups excluding carboxylic acids is 1. The lowest BCUT2D eigenvalue weighted by atomic mass is 9.99. The van der Waals surface area contributed by atoms with Crippen LogP contribution in [-0.2, 0) is 9.53 Å². The Morgan fingerprint density at radius 1 is 1.41 bits per heavy atom. The summed E-state index contributed by atoms with van der Waals surface area (Å²) in [5.41, 5.74) is 1.33. The van der Waals surface area contributed by atoms with Crippen molar-refractivity contribution in [1.29, 1.82) is 0 Å². The lowest BCUT2D eigenvalue weighted by Crippen LogP contribution is -2.31. The fourth-order valence-electron chi connectivity index (χ4n) is 2.26. The van der Waals surface area contributed by atoms with Crippen molar-refractivity contribution in [1.82, 2.24) is 4.90 Å². The van der Waals surface area contributed by atoms with Crippen molar-refractivity contribution in [3.8, 4) is 0 Å². The van der Waals surface area contributed by atoms with E-state index in [2.05, 4.69) is 24.3 Å². The number of rotatable bonds is 4. The van der Waals surface area contributed by atoms with Gasteiger partial charge in [-0.1, -0.05) is 30.3 Å². The first-order valence-corrected chi connectivity index (χ1v) is 6.21. The summed E-state index contributed by atoms with van der Waals surface area (Å²) < 4.78 is 5.16. The molecule has 0 N–H and O–H groups in total. The molecule has 1 amide bonds. The van der Waals surface area contributed by atoms with Crippen molar-refractivity contribution >= 4 is 5.91 Å². The summed E-state index contributed by atoms with van der Waals surface area (Å²) in [6.45, 7) is 4.41. The zero-order valence-electron chi connectivity index (χ0n) is 10.3. The molecule has 1 aromatic carbocycles. The van der Waals surface area contributed by atoms with E-state index >= 15 is 0 Å². The Hall–Kier alpha value is -1.35. The maximum atomic E-state index is 11.8. The third kappa shape index (κ3) is 3.07. The minimum atomic E-state index is 0.116. The first-order chi connectivity index (χ1) is 8.31. The number of hydrogen-bond donors (Lipinski definition) is 0. The smallest absolute Gasteiger partial charge is 0.248 e. The number of likely N-dealkylation sites (tertiary alicyclic amines) is 1. The van der Waals surface area contributed by atoms with Crippen molar-refractivity contribution in [2.24, 2.45) is 0 Å². The van der Waals surface area contributed by atoms with Crippen LogP contribution in [-0.4, -0.2) is 37.1 Å². The second kappa shape index (κ2) is 5.82. The van der Waals surface area contributed by atoms with Crippen molar-refractivity contribution in [3.63, 3.8) is 0 Å². The molecule has 0 unspecified atom stereocenters. The fraction of sp³-hybridized carbons (Fsp3) is 0.500. The number of hydrogen-bond acceptors (Lipinski definition) is 2. The van der Waals surface area contributed by atoms with Gasteiger partial charge < -0.3 is 9.64 Å². The first kappa shape index (κ1) is 12.1. The molecule has 1 aliphatic heterocycles. The predicted octanol–water partition coefficient (Wildman–Crippen LogP) is 2.04. The molecule has 1 atom stereocenters. The molecule has 1 aromatic rings. The van der Waals surface area contributed by atoms with Gasteiger partial charge in [0.25, 0.3) is 0 Å². The van der Waals surface area contributed by atoms with Gasteiger partial charge in [-0.05, 0) is 18.9 Å². The summed E-state index contributed by atoms with van der Waals surface area (Å²) in [6, 6.07) is 10.4. The van der Waals surface area contributed by atoms with E-state index in [0.29, 0.717) is 12.5 Å². The van der Waals surface area contributed by atoms with E-state index in [-0.39, 0.29) is 12.5 Å². The van der Waals surface area contributed by atoms with Gasteiger partial charge in [0.15, 0.2) is 0 Å². The zero-order chi connectivity index (χ0) is 12.1. The molecule has 0 aromatic heterocycles. The molecule has 2 rings (SSSR count). The molecule has 3 nitrogen and oxygen atoms in total. The molecule has 0 radical (unpaired) electrons. The first-order valence-electron chi connectivity index (χ1n) is 6.21.